The van der Waals surface area contributed by atoms with Crippen LogP contribution in [0.1, 0.15) is 168 Å². The Morgan fingerprint density at radius 2 is 1.07 bits per heavy atom. The Labute approximate surface area is 275 Å². The highest BCUT2D eigenvalue weighted by atomic mass is 33.1. The van der Waals surface area contributed by atoms with Gasteiger partial charge in [0.05, 0.1) is 12.2 Å². The van der Waals surface area contributed by atoms with Crippen LogP contribution < -0.4 is 0 Å². The van der Waals surface area contributed by atoms with Crippen LogP contribution in [0.4, 0.5) is 0 Å². The molecule has 0 aliphatic carbocycles. The number of aliphatic hydroxyl groups is 2. The molecule has 2 atom stereocenters. The summed E-state index contributed by atoms with van der Waals surface area (Å²) in [7, 11) is 3.62. The van der Waals surface area contributed by atoms with E-state index in [0.717, 1.165) is 55.8 Å². The molecule has 1 heterocycles. The van der Waals surface area contributed by atoms with Crippen molar-refractivity contribution < 1.29 is 10.2 Å². The lowest BCUT2D eigenvalue weighted by molar-refractivity contribution is 0.0599. The normalized spacial score (nSPS) is 13.1. The molecule has 6 heteroatoms. The summed E-state index contributed by atoms with van der Waals surface area (Å²) >= 11 is 0. The highest BCUT2D eigenvalue weighted by Gasteiger charge is 2.16. The molecule has 1 aromatic rings. The zero-order chi connectivity index (χ0) is 31.1. The van der Waals surface area contributed by atoms with Crippen molar-refractivity contribution >= 4 is 21.6 Å². The number of aliphatic hydroxyl groups excluding tert-OH is 2. The fourth-order valence-electron chi connectivity index (χ4n) is 5.77. The predicted octanol–water partition coefficient (Wildman–Crippen LogP) is 11.2. The lowest BCUT2D eigenvalue weighted by Gasteiger charge is -2.27. The third-order valence-electron chi connectivity index (χ3n) is 8.45. The van der Waals surface area contributed by atoms with Crippen molar-refractivity contribution in [1.29, 1.82) is 0 Å². The summed E-state index contributed by atoms with van der Waals surface area (Å²) in [6.07, 6.45) is 31.8. The van der Waals surface area contributed by atoms with Crippen molar-refractivity contribution in [2.45, 2.75) is 185 Å². The van der Waals surface area contributed by atoms with E-state index in [0.29, 0.717) is 13.1 Å². The average molecular weight is 639 g/mol. The van der Waals surface area contributed by atoms with E-state index in [1.54, 1.807) is 10.8 Å². The van der Waals surface area contributed by atoms with Gasteiger partial charge in [-0.15, -0.1) is 0 Å². The summed E-state index contributed by atoms with van der Waals surface area (Å²) in [5.74, 6) is 1.09. The minimum absolute atomic E-state index is 0.285. The largest absolute Gasteiger partial charge is 0.392 e. The molecule has 43 heavy (non-hydrogen) atoms. The molecule has 0 saturated heterocycles. The molecule has 0 spiro atoms. The Morgan fingerprint density at radius 1 is 0.605 bits per heavy atom. The Bertz CT molecular complexity index is 650. The molecule has 0 bridgehead atoms. The van der Waals surface area contributed by atoms with Crippen molar-refractivity contribution in [3.63, 3.8) is 0 Å². The van der Waals surface area contributed by atoms with Crippen molar-refractivity contribution in [3.05, 3.63) is 24.4 Å². The quantitative estimate of drug-likeness (QED) is 0.0590. The van der Waals surface area contributed by atoms with Gasteiger partial charge in [-0.2, -0.15) is 0 Å². The fourth-order valence-corrected chi connectivity index (χ4v) is 7.79. The first-order valence-corrected chi connectivity index (χ1v) is 20.8. The number of rotatable bonds is 33. The van der Waals surface area contributed by atoms with E-state index in [2.05, 4.69) is 29.8 Å². The van der Waals surface area contributed by atoms with Crippen LogP contribution >= 0.6 is 21.6 Å². The molecule has 0 saturated carbocycles. The van der Waals surface area contributed by atoms with Gasteiger partial charge in [-0.1, -0.05) is 159 Å². The molecule has 0 amide bonds. The van der Waals surface area contributed by atoms with Gasteiger partial charge in [-0.05, 0) is 55.2 Å². The van der Waals surface area contributed by atoms with Crippen LogP contribution in [0.5, 0.6) is 0 Å². The maximum absolute atomic E-state index is 10.8. The summed E-state index contributed by atoms with van der Waals surface area (Å²) in [5, 5.41) is 22.8. The number of aromatic nitrogens is 1. The number of unbranched alkanes of at least 4 members (excludes halogenated alkanes) is 19. The van der Waals surface area contributed by atoms with Gasteiger partial charge in [-0.3, -0.25) is 4.90 Å². The van der Waals surface area contributed by atoms with E-state index in [1.165, 1.54) is 116 Å². The maximum atomic E-state index is 10.8. The third-order valence-corrected chi connectivity index (χ3v) is 10.8. The van der Waals surface area contributed by atoms with Gasteiger partial charge in [0.1, 0.15) is 5.03 Å². The molecule has 0 fully saturated rings. The molecule has 1 rings (SSSR count). The van der Waals surface area contributed by atoms with Crippen LogP contribution in [0.15, 0.2) is 29.4 Å². The second-order valence-corrected chi connectivity index (χ2v) is 15.2. The van der Waals surface area contributed by atoms with Crippen molar-refractivity contribution in [1.82, 2.24) is 9.88 Å². The van der Waals surface area contributed by atoms with Gasteiger partial charge in [-0.25, -0.2) is 4.98 Å². The van der Waals surface area contributed by atoms with Gasteiger partial charge in [0, 0.05) is 25.0 Å². The second kappa shape index (κ2) is 31.7. The van der Waals surface area contributed by atoms with Crippen molar-refractivity contribution in [2.24, 2.45) is 0 Å². The monoisotopic (exact) mass is 638 g/mol. The van der Waals surface area contributed by atoms with E-state index >= 15 is 0 Å². The highest BCUT2D eigenvalue weighted by molar-refractivity contribution is 8.76. The number of pyridine rings is 1. The average Bonchev–Trinajstić information content (AvgIpc) is 3.01. The molecular formula is C37H70N2O2S2. The van der Waals surface area contributed by atoms with E-state index in [-0.39, 0.29) is 12.2 Å². The van der Waals surface area contributed by atoms with Crippen molar-refractivity contribution in [3.8, 4) is 0 Å². The highest BCUT2D eigenvalue weighted by Crippen LogP contribution is 2.29. The molecule has 0 aromatic carbocycles. The molecule has 0 radical (unpaired) electrons. The van der Waals surface area contributed by atoms with E-state index in [4.69, 9.17) is 0 Å². The Hall–Kier alpha value is -0.270. The molecule has 1 aromatic heterocycles. The fraction of sp³-hybridized carbons (Fsp3) is 0.865. The SMILES string of the molecule is CCCCCCCCCCCCC(O)CN(CCCCSSc1ccccn1)CC(O)CCCCCCCCCCCC. The van der Waals surface area contributed by atoms with Gasteiger partial charge in [0.2, 0.25) is 0 Å². The van der Waals surface area contributed by atoms with Crippen LogP contribution in [0, 0.1) is 0 Å². The zero-order valence-corrected chi connectivity index (χ0v) is 30.0. The molecule has 2 unspecified atom stereocenters. The predicted molar refractivity (Wildman–Crippen MR) is 193 cm³/mol. The first-order chi connectivity index (χ1) is 21.2. The topological polar surface area (TPSA) is 56.6 Å². The Morgan fingerprint density at radius 3 is 1.51 bits per heavy atom. The van der Waals surface area contributed by atoms with Crippen LogP contribution in [-0.4, -0.2) is 57.7 Å². The van der Waals surface area contributed by atoms with E-state index in [9.17, 15) is 10.2 Å². The number of hydrogen-bond acceptors (Lipinski definition) is 6. The minimum Gasteiger partial charge on any atom is -0.392 e. The second-order valence-electron chi connectivity index (χ2n) is 12.8. The van der Waals surface area contributed by atoms with E-state index in [1.807, 2.05) is 29.1 Å². The Kier molecular flexibility index (Phi) is 30.0. The lowest BCUT2D eigenvalue weighted by Crippen LogP contribution is -2.38. The lowest BCUT2D eigenvalue weighted by atomic mass is 10.0. The minimum atomic E-state index is -0.285. The number of hydrogen-bond donors (Lipinski definition) is 2. The smallest absolute Gasteiger partial charge is 0.106 e. The van der Waals surface area contributed by atoms with Crippen LogP contribution in [0.25, 0.3) is 0 Å². The standard InChI is InChI=1S/C37H70N2O2S2/c1-3-5-7-9-11-13-15-17-19-21-27-35(40)33-39(31-25-26-32-42-43-37-29-23-24-30-38-37)34-36(41)28-22-20-18-16-14-12-10-8-6-4-2/h23-24,29-30,35-36,40-41H,3-22,25-28,31-34H2,1-2H3. The number of nitrogens with zero attached hydrogens (tertiary/aromatic N) is 2. The summed E-state index contributed by atoms with van der Waals surface area (Å²) in [5.41, 5.74) is 0. The molecule has 252 valence electrons. The Balaban J connectivity index is 2.25. The summed E-state index contributed by atoms with van der Waals surface area (Å²) < 4.78 is 0. The van der Waals surface area contributed by atoms with Gasteiger partial charge < -0.3 is 10.2 Å². The summed E-state index contributed by atoms with van der Waals surface area (Å²) in [6.45, 7) is 6.91. The molecular weight excluding hydrogens is 569 g/mol. The molecule has 4 nitrogen and oxygen atoms in total. The molecule has 0 aliphatic rings. The zero-order valence-electron chi connectivity index (χ0n) is 28.4. The van der Waals surface area contributed by atoms with Gasteiger partial charge in [0.15, 0.2) is 0 Å². The molecule has 0 aliphatic heterocycles. The van der Waals surface area contributed by atoms with Crippen molar-refractivity contribution in [2.75, 3.05) is 25.4 Å². The van der Waals surface area contributed by atoms with Crippen LogP contribution in [-0.2, 0) is 0 Å². The summed E-state index contributed by atoms with van der Waals surface area (Å²) in [6, 6.07) is 6.06. The maximum Gasteiger partial charge on any atom is 0.106 e. The van der Waals surface area contributed by atoms with Gasteiger partial charge in [0.25, 0.3) is 0 Å². The van der Waals surface area contributed by atoms with E-state index < -0.39 is 0 Å². The summed E-state index contributed by atoms with van der Waals surface area (Å²) in [4.78, 5) is 6.73. The first-order valence-electron chi connectivity index (χ1n) is 18.4. The van der Waals surface area contributed by atoms with Crippen LogP contribution in [0.3, 0.4) is 0 Å². The molecule has 2 N–H and O–H groups in total. The third kappa shape index (κ3) is 27.7. The van der Waals surface area contributed by atoms with Crippen LogP contribution in [0.2, 0.25) is 0 Å². The van der Waals surface area contributed by atoms with Gasteiger partial charge >= 0.3 is 0 Å². The first kappa shape index (κ1) is 40.8.